The van der Waals surface area contributed by atoms with E-state index in [2.05, 4.69) is 37.5 Å². The summed E-state index contributed by atoms with van der Waals surface area (Å²) in [6.07, 6.45) is 3.13. The maximum atomic E-state index is 11.9. The van der Waals surface area contributed by atoms with Crippen LogP contribution in [0.5, 0.6) is 5.75 Å². The number of amides is 1. The molecular formula is C18H27ClN2O2. The number of ether oxygens (including phenoxy) is 1. The number of carbonyl (C=O) groups excluding carboxylic acids is 1. The zero-order valence-corrected chi connectivity index (χ0v) is 15.0. The van der Waals surface area contributed by atoms with Crippen LogP contribution < -0.4 is 15.4 Å². The topological polar surface area (TPSA) is 50.4 Å². The number of hydrogen-bond donors (Lipinski definition) is 2. The van der Waals surface area contributed by atoms with Gasteiger partial charge in [0.15, 0.2) is 6.61 Å². The highest BCUT2D eigenvalue weighted by Gasteiger charge is 2.18. The summed E-state index contributed by atoms with van der Waals surface area (Å²) < 4.78 is 5.72. The van der Waals surface area contributed by atoms with Gasteiger partial charge < -0.3 is 15.4 Å². The van der Waals surface area contributed by atoms with Gasteiger partial charge >= 0.3 is 0 Å². The summed E-state index contributed by atoms with van der Waals surface area (Å²) in [6, 6.07) is 7.90. The van der Waals surface area contributed by atoms with E-state index in [-0.39, 0.29) is 30.3 Å². The first-order valence-electron chi connectivity index (χ1n) is 7.84. The van der Waals surface area contributed by atoms with Crippen LogP contribution in [0.25, 0.3) is 0 Å². The maximum absolute atomic E-state index is 11.9. The number of benzene rings is 1. The van der Waals surface area contributed by atoms with E-state index in [0.29, 0.717) is 6.54 Å². The molecule has 0 saturated heterocycles. The van der Waals surface area contributed by atoms with Crippen molar-refractivity contribution < 1.29 is 9.53 Å². The van der Waals surface area contributed by atoms with Crippen LogP contribution in [0.3, 0.4) is 0 Å². The van der Waals surface area contributed by atoms with Gasteiger partial charge in [-0.1, -0.05) is 50.6 Å². The van der Waals surface area contributed by atoms with Crippen LogP contribution in [0.15, 0.2) is 35.9 Å². The molecule has 2 rings (SSSR count). The van der Waals surface area contributed by atoms with E-state index in [1.807, 2.05) is 24.3 Å². The molecule has 1 heterocycles. The first kappa shape index (κ1) is 19.5. The van der Waals surface area contributed by atoms with Gasteiger partial charge in [0.1, 0.15) is 5.75 Å². The quantitative estimate of drug-likeness (QED) is 0.812. The SMILES string of the molecule is CC(C)(C)c1ccccc1OCC(=O)NCC1=CCNCC1.Cl. The van der Waals surface area contributed by atoms with E-state index < -0.39 is 0 Å². The summed E-state index contributed by atoms with van der Waals surface area (Å²) >= 11 is 0. The van der Waals surface area contributed by atoms with Crippen molar-refractivity contribution in [1.29, 1.82) is 0 Å². The van der Waals surface area contributed by atoms with Crippen LogP contribution in [0.2, 0.25) is 0 Å². The van der Waals surface area contributed by atoms with Gasteiger partial charge in [-0.3, -0.25) is 4.79 Å². The highest BCUT2D eigenvalue weighted by Crippen LogP contribution is 2.30. The van der Waals surface area contributed by atoms with Crippen molar-refractivity contribution in [2.45, 2.75) is 32.6 Å². The van der Waals surface area contributed by atoms with Crippen LogP contribution in [0.1, 0.15) is 32.8 Å². The lowest BCUT2D eigenvalue weighted by Crippen LogP contribution is -2.33. The van der Waals surface area contributed by atoms with Crippen molar-refractivity contribution in [3.8, 4) is 5.75 Å². The average Bonchev–Trinajstić information content (AvgIpc) is 2.51. The van der Waals surface area contributed by atoms with Crippen LogP contribution in [-0.4, -0.2) is 32.1 Å². The summed E-state index contributed by atoms with van der Waals surface area (Å²) in [5.74, 6) is 0.703. The Morgan fingerprint density at radius 2 is 2.04 bits per heavy atom. The summed E-state index contributed by atoms with van der Waals surface area (Å²) in [4.78, 5) is 11.9. The van der Waals surface area contributed by atoms with E-state index in [9.17, 15) is 4.79 Å². The summed E-state index contributed by atoms with van der Waals surface area (Å²) in [7, 11) is 0. The number of rotatable bonds is 5. The number of para-hydroxylation sites is 1. The Kier molecular flexibility index (Phi) is 7.59. The molecule has 0 bridgehead atoms. The predicted molar refractivity (Wildman–Crippen MR) is 96.5 cm³/mol. The molecule has 1 aliphatic rings. The molecule has 0 spiro atoms. The fourth-order valence-corrected chi connectivity index (χ4v) is 2.45. The highest BCUT2D eigenvalue weighted by atomic mass is 35.5. The first-order chi connectivity index (χ1) is 10.5. The van der Waals surface area contributed by atoms with Crippen molar-refractivity contribution in [1.82, 2.24) is 10.6 Å². The molecule has 1 aromatic rings. The minimum Gasteiger partial charge on any atom is -0.483 e. The smallest absolute Gasteiger partial charge is 0.258 e. The third kappa shape index (κ3) is 6.24. The Balaban J connectivity index is 0.00000264. The van der Waals surface area contributed by atoms with E-state index in [4.69, 9.17) is 4.74 Å². The Morgan fingerprint density at radius 1 is 1.30 bits per heavy atom. The third-order valence-corrected chi connectivity index (χ3v) is 3.72. The minimum absolute atomic E-state index is 0. The molecule has 0 radical (unpaired) electrons. The van der Waals surface area contributed by atoms with E-state index in [0.717, 1.165) is 30.8 Å². The number of carbonyl (C=O) groups is 1. The van der Waals surface area contributed by atoms with Crippen molar-refractivity contribution in [2.75, 3.05) is 26.2 Å². The summed E-state index contributed by atoms with van der Waals surface area (Å²) in [6.45, 7) is 8.96. The highest BCUT2D eigenvalue weighted by molar-refractivity contribution is 5.85. The predicted octanol–water partition coefficient (Wildman–Crippen LogP) is 2.82. The lowest BCUT2D eigenvalue weighted by molar-refractivity contribution is -0.122. The minimum atomic E-state index is -0.0804. The maximum Gasteiger partial charge on any atom is 0.258 e. The Labute approximate surface area is 145 Å². The second-order valence-electron chi connectivity index (χ2n) is 6.63. The third-order valence-electron chi connectivity index (χ3n) is 3.72. The fraction of sp³-hybridized carbons (Fsp3) is 0.500. The van der Waals surface area contributed by atoms with Crippen LogP contribution >= 0.6 is 12.4 Å². The molecule has 0 aliphatic carbocycles. The molecule has 128 valence electrons. The molecule has 1 amide bonds. The Morgan fingerprint density at radius 3 is 2.70 bits per heavy atom. The molecule has 1 aromatic carbocycles. The average molecular weight is 339 g/mol. The molecular weight excluding hydrogens is 312 g/mol. The van der Waals surface area contributed by atoms with E-state index >= 15 is 0 Å². The van der Waals surface area contributed by atoms with Crippen molar-refractivity contribution in [2.24, 2.45) is 0 Å². The van der Waals surface area contributed by atoms with Gasteiger partial charge in [-0.05, 0) is 30.0 Å². The fourth-order valence-electron chi connectivity index (χ4n) is 2.45. The van der Waals surface area contributed by atoms with Crippen LogP contribution in [-0.2, 0) is 10.2 Å². The molecule has 4 nitrogen and oxygen atoms in total. The largest absolute Gasteiger partial charge is 0.483 e. The normalized spacial score (nSPS) is 14.5. The first-order valence-corrected chi connectivity index (χ1v) is 7.84. The molecule has 5 heteroatoms. The van der Waals surface area contributed by atoms with E-state index in [1.54, 1.807) is 0 Å². The molecule has 23 heavy (non-hydrogen) atoms. The van der Waals surface area contributed by atoms with Gasteiger partial charge in [0, 0.05) is 13.1 Å². The summed E-state index contributed by atoms with van der Waals surface area (Å²) in [5, 5.41) is 6.18. The molecule has 2 N–H and O–H groups in total. The molecule has 1 aliphatic heterocycles. The van der Waals surface area contributed by atoms with Gasteiger partial charge in [0.05, 0.1) is 0 Å². The van der Waals surface area contributed by atoms with Crippen molar-refractivity contribution >= 4 is 18.3 Å². The van der Waals surface area contributed by atoms with Crippen LogP contribution in [0, 0.1) is 0 Å². The Bertz CT molecular complexity index is 550. The second-order valence-corrected chi connectivity index (χ2v) is 6.63. The molecule has 0 saturated carbocycles. The van der Waals surface area contributed by atoms with Crippen LogP contribution in [0.4, 0.5) is 0 Å². The standard InChI is InChI=1S/C18H26N2O2.ClH/c1-18(2,3)15-6-4-5-7-16(15)22-13-17(21)20-12-14-8-10-19-11-9-14;/h4-8,19H,9-13H2,1-3H3,(H,20,21);1H. The number of hydrogen-bond acceptors (Lipinski definition) is 3. The van der Waals surface area contributed by atoms with E-state index in [1.165, 1.54) is 5.57 Å². The molecule has 0 fully saturated rings. The number of nitrogens with one attached hydrogen (secondary N) is 2. The molecule has 0 aromatic heterocycles. The van der Waals surface area contributed by atoms with Gasteiger partial charge in [-0.2, -0.15) is 0 Å². The van der Waals surface area contributed by atoms with Gasteiger partial charge in [-0.25, -0.2) is 0 Å². The lowest BCUT2D eigenvalue weighted by atomic mass is 9.86. The summed E-state index contributed by atoms with van der Waals surface area (Å²) in [5.41, 5.74) is 2.39. The van der Waals surface area contributed by atoms with Crippen molar-refractivity contribution in [3.05, 3.63) is 41.5 Å². The lowest BCUT2D eigenvalue weighted by Gasteiger charge is -2.22. The zero-order chi connectivity index (χ0) is 16.0. The molecule has 0 atom stereocenters. The monoisotopic (exact) mass is 338 g/mol. The number of halogens is 1. The van der Waals surface area contributed by atoms with Crippen molar-refractivity contribution in [3.63, 3.8) is 0 Å². The van der Waals surface area contributed by atoms with Gasteiger partial charge in [-0.15, -0.1) is 12.4 Å². The van der Waals surface area contributed by atoms with Gasteiger partial charge in [0.25, 0.3) is 5.91 Å². The zero-order valence-electron chi connectivity index (χ0n) is 14.1. The van der Waals surface area contributed by atoms with Gasteiger partial charge in [0.2, 0.25) is 0 Å². The molecule has 0 unspecified atom stereocenters. The second kappa shape index (κ2) is 8.94. The Hall–Kier alpha value is -1.52.